The quantitative estimate of drug-likeness (QED) is 0.410. The standard InChI is InChI=1S/C26H30O4/c1-26(28-3,29-4)23(17-20-11-7-5-8-12-20)22-15-16-24(25(18-22)27-2)30-19-21-13-9-6-10-14-21/h5-16,18,23H,17,19H2,1-4H3. The molecule has 30 heavy (non-hydrogen) atoms. The van der Waals surface area contributed by atoms with Crippen molar-refractivity contribution < 1.29 is 18.9 Å². The molecule has 3 aromatic carbocycles. The van der Waals surface area contributed by atoms with E-state index in [1.54, 1.807) is 21.3 Å². The molecule has 4 heteroatoms. The zero-order valence-electron chi connectivity index (χ0n) is 18.1. The van der Waals surface area contributed by atoms with Crippen LogP contribution in [-0.4, -0.2) is 27.1 Å². The van der Waals surface area contributed by atoms with Crippen LogP contribution in [0.15, 0.2) is 78.9 Å². The van der Waals surface area contributed by atoms with E-state index in [9.17, 15) is 0 Å². The van der Waals surface area contributed by atoms with Crippen LogP contribution in [0.2, 0.25) is 0 Å². The van der Waals surface area contributed by atoms with Gasteiger partial charge in [0.05, 0.1) is 7.11 Å². The molecule has 158 valence electrons. The SMILES string of the molecule is COc1cc(C(Cc2ccccc2)C(C)(OC)OC)ccc1OCc1ccccc1. The first kappa shape index (κ1) is 21.9. The van der Waals surface area contributed by atoms with Crippen LogP contribution in [0, 0.1) is 0 Å². The van der Waals surface area contributed by atoms with Crippen LogP contribution in [0.1, 0.15) is 29.5 Å². The van der Waals surface area contributed by atoms with Gasteiger partial charge in [-0.3, -0.25) is 0 Å². The van der Waals surface area contributed by atoms with Crippen molar-refractivity contribution in [3.8, 4) is 11.5 Å². The predicted octanol–water partition coefficient (Wildman–Crippen LogP) is 5.61. The van der Waals surface area contributed by atoms with Gasteiger partial charge in [0.2, 0.25) is 0 Å². The number of ether oxygens (including phenoxy) is 4. The van der Waals surface area contributed by atoms with E-state index in [1.165, 1.54) is 5.56 Å². The summed E-state index contributed by atoms with van der Waals surface area (Å²) in [4.78, 5) is 0. The van der Waals surface area contributed by atoms with Crippen molar-refractivity contribution >= 4 is 0 Å². The predicted molar refractivity (Wildman–Crippen MR) is 119 cm³/mol. The lowest BCUT2D eigenvalue weighted by atomic mass is 9.85. The Kier molecular flexibility index (Phi) is 7.50. The molecule has 0 saturated carbocycles. The average molecular weight is 407 g/mol. The Morgan fingerprint density at radius 2 is 1.33 bits per heavy atom. The normalized spacial score (nSPS) is 12.4. The number of hydrogen-bond donors (Lipinski definition) is 0. The first-order valence-corrected chi connectivity index (χ1v) is 10.1. The Hall–Kier alpha value is -2.82. The fraction of sp³-hybridized carbons (Fsp3) is 0.308. The molecule has 0 aliphatic rings. The van der Waals surface area contributed by atoms with Gasteiger partial charge >= 0.3 is 0 Å². The fourth-order valence-corrected chi connectivity index (χ4v) is 3.58. The minimum absolute atomic E-state index is 0.0352. The molecule has 1 atom stereocenters. The Balaban J connectivity index is 1.89. The van der Waals surface area contributed by atoms with Gasteiger partial charge in [0.25, 0.3) is 0 Å². The van der Waals surface area contributed by atoms with Gasteiger partial charge in [0.1, 0.15) is 6.61 Å². The summed E-state index contributed by atoms with van der Waals surface area (Å²) < 4.78 is 23.2. The highest BCUT2D eigenvalue weighted by atomic mass is 16.7. The Labute approximate surface area is 179 Å². The molecular formula is C26H30O4. The number of benzene rings is 3. The minimum Gasteiger partial charge on any atom is -0.493 e. The van der Waals surface area contributed by atoms with Gasteiger partial charge in [-0.25, -0.2) is 0 Å². The first-order chi connectivity index (χ1) is 14.6. The molecule has 0 saturated heterocycles. The zero-order chi connectivity index (χ0) is 21.4. The Morgan fingerprint density at radius 3 is 1.90 bits per heavy atom. The van der Waals surface area contributed by atoms with E-state index >= 15 is 0 Å². The third kappa shape index (κ3) is 5.21. The molecule has 4 nitrogen and oxygen atoms in total. The Bertz CT molecular complexity index is 905. The van der Waals surface area contributed by atoms with Crippen LogP contribution < -0.4 is 9.47 Å². The summed E-state index contributed by atoms with van der Waals surface area (Å²) >= 11 is 0. The van der Waals surface area contributed by atoms with Gasteiger partial charge < -0.3 is 18.9 Å². The van der Waals surface area contributed by atoms with Crippen molar-refractivity contribution in [2.45, 2.75) is 31.7 Å². The molecule has 1 unspecified atom stereocenters. The van der Waals surface area contributed by atoms with Gasteiger partial charge in [0, 0.05) is 20.1 Å². The van der Waals surface area contributed by atoms with Crippen molar-refractivity contribution in [3.63, 3.8) is 0 Å². The summed E-state index contributed by atoms with van der Waals surface area (Å²) in [5.74, 6) is 0.580. The molecule has 0 radical (unpaired) electrons. The van der Waals surface area contributed by atoms with Gasteiger partial charge in [0.15, 0.2) is 17.3 Å². The smallest absolute Gasteiger partial charge is 0.171 e. The second-order valence-electron chi connectivity index (χ2n) is 7.35. The lowest BCUT2D eigenvalue weighted by Gasteiger charge is -2.36. The summed E-state index contributed by atoms with van der Waals surface area (Å²) in [6.45, 7) is 2.45. The maximum atomic E-state index is 6.02. The zero-order valence-corrected chi connectivity index (χ0v) is 18.1. The highest BCUT2D eigenvalue weighted by Crippen LogP contribution is 2.39. The van der Waals surface area contributed by atoms with E-state index in [0.29, 0.717) is 18.1 Å². The molecule has 0 fully saturated rings. The topological polar surface area (TPSA) is 36.9 Å². The fourth-order valence-electron chi connectivity index (χ4n) is 3.58. The first-order valence-electron chi connectivity index (χ1n) is 10.1. The molecule has 3 rings (SSSR count). The van der Waals surface area contributed by atoms with E-state index < -0.39 is 5.79 Å². The van der Waals surface area contributed by atoms with Crippen LogP contribution in [0.25, 0.3) is 0 Å². The van der Waals surface area contributed by atoms with Crippen LogP contribution in [0.4, 0.5) is 0 Å². The van der Waals surface area contributed by atoms with Gasteiger partial charge in [-0.1, -0.05) is 66.7 Å². The monoisotopic (exact) mass is 406 g/mol. The number of hydrogen-bond acceptors (Lipinski definition) is 4. The Morgan fingerprint density at radius 1 is 0.733 bits per heavy atom. The van der Waals surface area contributed by atoms with E-state index in [-0.39, 0.29) is 5.92 Å². The molecule has 0 heterocycles. The largest absolute Gasteiger partial charge is 0.493 e. The highest BCUT2D eigenvalue weighted by Gasteiger charge is 2.36. The van der Waals surface area contributed by atoms with Crippen molar-refractivity contribution in [1.29, 1.82) is 0 Å². The van der Waals surface area contributed by atoms with E-state index in [0.717, 1.165) is 17.5 Å². The molecule has 0 aromatic heterocycles. The molecular weight excluding hydrogens is 376 g/mol. The average Bonchev–Trinajstić information content (AvgIpc) is 2.82. The molecule has 0 bridgehead atoms. The summed E-state index contributed by atoms with van der Waals surface area (Å²) in [6, 6.07) is 26.5. The van der Waals surface area contributed by atoms with Crippen molar-refractivity contribution in [3.05, 3.63) is 95.6 Å². The van der Waals surface area contributed by atoms with Crippen molar-refractivity contribution in [2.75, 3.05) is 21.3 Å². The van der Waals surface area contributed by atoms with E-state index in [1.807, 2.05) is 67.6 Å². The molecule has 0 amide bonds. The van der Waals surface area contributed by atoms with Crippen molar-refractivity contribution in [1.82, 2.24) is 0 Å². The highest BCUT2D eigenvalue weighted by molar-refractivity contribution is 5.45. The molecule has 0 aliphatic carbocycles. The maximum absolute atomic E-state index is 6.02. The minimum atomic E-state index is -0.784. The lowest BCUT2D eigenvalue weighted by Crippen LogP contribution is -2.38. The molecule has 0 N–H and O–H groups in total. The van der Waals surface area contributed by atoms with Gasteiger partial charge in [-0.2, -0.15) is 0 Å². The molecule has 0 spiro atoms. The summed E-state index contributed by atoms with van der Waals surface area (Å²) in [6.07, 6.45) is 0.770. The third-order valence-corrected chi connectivity index (χ3v) is 5.55. The van der Waals surface area contributed by atoms with Crippen LogP contribution in [0.3, 0.4) is 0 Å². The second-order valence-corrected chi connectivity index (χ2v) is 7.35. The second kappa shape index (κ2) is 10.3. The van der Waals surface area contributed by atoms with Crippen LogP contribution >= 0.6 is 0 Å². The molecule has 3 aromatic rings. The number of rotatable bonds is 10. The van der Waals surface area contributed by atoms with Gasteiger partial charge in [-0.15, -0.1) is 0 Å². The number of methoxy groups -OCH3 is 3. The maximum Gasteiger partial charge on any atom is 0.171 e. The molecule has 0 aliphatic heterocycles. The van der Waals surface area contributed by atoms with Gasteiger partial charge in [-0.05, 0) is 42.2 Å². The van der Waals surface area contributed by atoms with Crippen LogP contribution in [0.5, 0.6) is 11.5 Å². The third-order valence-electron chi connectivity index (χ3n) is 5.55. The lowest BCUT2D eigenvalue weighted by molar-refractivity contribution is -0.208. The summed E-state index contributed by atoms with van der Waals surface area (Å²) in [5.41, 5.74) is 3.39. The van der Waals surface area contributed by atoms with Crippen LogP contribution in [-0.2, 0) is 22.5 Å². The van der Waals surface area contributed by atoms with E-state index in [4.69, 9.17) is 18.9 Å². The summed E-state index contributed by atoms with van der Waals surface area (Å²) in [7, 11) is 5.01. The van der Waals surface area contributed by atoms with E-state index in [2.05, 4.69) is 18.2 Å². The summed E-state index contributed by atoms with van der Waals surface area (Å²) in [5, 5.41) is 0. The van der Waals surface area contributed by atoms with Crippen molar-refractivity contribution in [2.24, 2.45) is 0 Å².